The first kappa shape index (κ1) is 40.7. The minimum atomic E-state index is -5.08. The van der Waals surface area contributed by atoms with Crippen LogP contribution < -0.4 is 5.32 Å². The molecule has 1 aliphatic heterocycles. The maximum Gasteiger partial charge on any atom is 0.490 e. The van der Waals surface area contributed by atoms with Crippen molar-refractivity contribution in [2.75, 3.05) is 26.2 Å². The monoisotopic (exact) mass is 702 g/mol. The smallest absolute Gasteiger partial charge is 0.475 e. The Bertz CT molecular complexity index is 1500. The highest BCUT2D eigenvalue weighted by atomic mass is 19.4. The Morgan fingerprint density at radius 2 is 1.49 bits per heavy atom. The van der Waals surface area contributed by atoms with Crippen molar-refractivity contribution in [1.82, 2.24) is 20.2 Å². The summed E-state index contributed by atoms with van der Waals surface area (Å²) >= 11 is 0. The van der Waals surface area contributed by atoms with Crippen molar-refractivity contribution in [3.8, 4) is 11.3 Å². The molecule has 0 radical (unpaired) electrons. The Kier molecular flexibility index (Phi) is 16.2. The number of imidazole rings is 1. The lowest BCUT2D eigenvalue weighted by Crippen LogP contribution is -2.36. The molecule has 0 bridgehead atoms. The highest BCUT2D eigenvalue weighted by molar-refractivity contribution is 5.87. The minimum absolute atomic E-state index is 0.0354. The highest BCUT2D eigenvalue weighted by Gasteiger charge is 2.39. The second kappa shape index (κ2) is 19.5. The summed E-state index contributed by atoms with van der Waals surface area (Å²) in [6, 6.07) is 14.7. The molecule has 270 valence electrons. The molecule has 1 aliphatic rings. The number of amides is 1. The molecule has 2 aromatic carbocycles. The van der Waals surface area contributed by atoms with Gasteiger partial charge in [0.25, 0.3) is 0 Å². The Hall–Kier alpha value is -4.47. The quantitative estimate of drug-likeness (QED) is 0.113. The third-order valence-electron chi connectivity index (χ3n) is 7.56. The molecule has 1 saturated heterocycles. The van der Waals surface area contributed by atoms with Gasteiger partial charge in [-0.15, -0.1) is 0 Å². The number of unbranched alkanes of at least 4 members (excludes halogenated alkanes) is 2. The number of likely N-dealkylation sites (tertiary alicyclic amines) is 1. The Morgan fingerprint density at radius 3 is 2.06 bits per heavy atom. The standard InChI is InChI=1S/C29H38N4O2.2C2HF3O2/c1-2-25(34)12-4-3-5-13-26(29(35)30-16-19-33-17-8-9-18-33)28-31-21-27(32-28)24-15-14-22-10-6-7-11-23(22)20-24;2*3-2(4,5)1(6)7/h6-7,10-11,14-15,20-21,26H,2-5,8-9,12-13,16-19H2,1H3,(H,30,35)(H,31,32);2*(H,6,7). The molecule has 3 aromatic rings. The fourth-order valence-electron chi connectivity index (χ4n) is 4.90. The zero-order chi connectivity index (χ0) is 36.6. The third kappa shape index (κ3) is 14.7. The molecule has 10 nitrogen and oxygen atoms in total. The number of aromatic nitrogens is 2. The number of nitrogens with one attached hydrogen (secondary N) is 2. The molecule has 0 spiro atoms. The van der Waals surface area contributed by atoms with Gasteiger partial charge >= 0.3 is 24.3 Å². The fourth-order valence-corrected chi connectivity index (χ4v) is 4.90. The number of carboxylic acids is 2. The van der Waals surface area contributed by atoms with Crippen molar-refractivity contribution in [3.63, 3.8) is 0 Å². The number of rotatable bonds is 13. The van der Waals surface area contributed by atoms with E-state index in [0.717, 1.165) is 62.4 Å². The fraction of sp³-hybridized carbons (Fsp3) is 0.485. The van der Waals surface area contributed by atoms with Crippen LogP contribution in [0.25, 0.3) is 22.0 Å². The first-order valence-corrected chi connectivity index (χ1v) is 15.7. The lowest BCUT2D eigenvalue weighted by molar-refractivity contribution is -0.193. The number of alkyl halides is 6. The molecule has 1 unspecified atom stereocenters. The second-order valence-electron chi connectivity index (χ2n) is 11.2. The van der Waals surface area contributed by atoms with Crippen molar-refractivity contribution in [2.24, 2.45) is 0 Å². The molecular formula is C33H40F6N4O6. The number of hydrogen-bond acceptors (Lipinski definition) is 6. The number of H-pyrrole nitrogens is 1. The molecule has 0 aliphatic carbocycles. The molecule has 0 saturated carbocycles. The first-order valence-electron chi connectivity index (χ1n) is 15.7. The van der Waals surface area contributed by atoms with Gasteiger partial charge in [0.05, 0.1) is 17.8 Å². The van der Waals surface area contributed by atoms with Gasteiger partial charge in [-0.05, 0) is 55.6 Å². The van der Waals surface area contributed by atoms with Crippen molar-refractivity contribution >= 4 is 34.4 Å². The van der Waals surface area contributed by atoms with Crippen LogP contribution in [0.15, 0.2) is 48.7 Å². The zero-order valence-corrected chi connectivity index (χ0v) is 26.9. The number of Topliss-reactive ketones (excluding diaryl/α,β-unsaturated/α-hetero) is 1. The average Bonchev–Trinajstić information content (AvgIpc) is 3.75. The maximum atomic E-state index is 13.2. The second-order valence-corrected chi connectivity index (χ2v) is 11.2. The lowest BCUT2D eigenvalue weighted by Gasteiger charge is -2.18. The molecule has 1 amide bonds. The number of carbonyl (C=O) groups is 4. The zero-order valence-electron chi connectivity index (χ0n) is 26.9. The SMILES string of the molecule is CCC(=O)CCCCCC(C(=O)NCCN1CCCC1)c1ncc(-c2ccc3ccccc3c2)[nH]1.O=C(O)C(F)(F)F.O=C(O)C(F)(F)F. The normalized spacial score (nSPS) is 13.9. The summed E-state index contributed by atoms with van der Waals surface area (Å²) in [6.07, 6.45) is -1.14. The predicted octanol–water partition coefficient (Wildman–Crippen LogP) is 6.72. The van der Waals surface area contributed by atoms with E-state index in [1.54, 1.807) is 0 Å². The van der Waals surface area contributed by atoms with Crippen molar-refractivity contribution in [1.29, 1.82) is 0 Å². The van der Waals surface area contributed by atoms with Gasteiger partial charge in [-0.25, -0.2) is 14.6 Å². The number of fused-ring (bicyclic) bond motifs is 1. The van der Waals surface area contributed by atoms with Gasteiger partial charge in [0, 0.05) is 31.5 Å². The Balaban J connectivity index is 0.000000500. The van der Waals surface area contributed by atoms with Gasteiger partial charge in [0.15, 0.2) is 0 Å². The van der Waals surface area contributed by atoms with E-state index in [4.69, 9.17) is 19.8 Å². The molecule has 1 atom stereocenters. The number of ketones is 1. The van der Waals surface area contributed by atoms with E-state index in [1.807, 2.05) is 25.3 Å². The summed E-state index contributed by atoms with van der Waals surface area (Å²) in [7, 11) is 0. The van der Waals surface area contributed by atoms with Crippen LogP contribution in [0.4, 0.5) is 26.3 Å². The van der Waals surface area contributed by atoms with Gasteiger partial charge in [0.1, 0.15) is 11.6 Å². The lowest BCUT2D eigenvalue weighted by atomic mass is 9.98. The van der Waals surface area contributed by atoms with Crippen LogP contribution in [0.5, 0.6) is 0 Å². The molecular weight excluding hydrogens is 662 g/mol. The maximum absolute atomic E-state index is 13.2. The number of benzene rings is 2. The van der Waals surface area contributed by atoms with E-state index in [-0.39, 0.29) is 11.8 Å². The van der Waals surface area contributed by atoms with E-state index in [2.05, 4.69) is 50.5 Å². The van der Waals surface area contributed by atoms with E-state index < -0.39 is 24.3 Å². The van der Waals surface area contributed by atoms with Gasteiger partial charge in [-0.3, -0.25) is 9.59 Å². The molecule has 49 heavy (non-hydrogen) atoms. The van der Waals surface area contributed by atoms with Crippen LogP contribution in [0.3, 0.4) is 0 Å². The summed E-state index contributed by atoms with van der Waals surface area (Å²) in [5, 5.41) is 19.8. The van der Waals surface area contributed by atoms with E-state index in [9.17, 15) is 35.9 Å². The number of aliphatic carboxylic acids is 2. The van der Waals surface area contributed by atoms with Crippen LogP contribution in [0.1, 0.15) is 70.0 Å². The van der Waals surface area contributed by atoms with Gasteiger partial charge in [0.2, 0.25) is 5.91 Å². The molecule has 4 N–H and O–H groups in total. The minimum Gasteiger partial charge on any atom is -0.475 e. The molecule has 1 fully saturated rings. The molecule has 1 aromatic heterocycles. The predicted molar refractivity (Wildman–Crippen MR) is 169 cm³/mol. The first-order chi connectivity index (χ1) is 23.0. The molecule has 2 heterocycles. The van der Waals surface area contributed by atoms with Gasteiger partial charge in [-0.1, -0.05) is 56.2 Å². The van der Waals surface area contributed by atoms with E-state index in [0.29, 0.717) is 25.2 Å². The van der Waals surface area contributed by atoms with Crippen LogP contribution in [-0.4, -0.2) is 87.2 Å². The van der Waals surface area contributed by atoms with Gasteiger partial charge in [-0.2, -0.15) is 26.3 Å². The highest BCUT2D eigenvalue weighted by Crippen LogP contribution is 2.27. The van der Waals surface area contributed by atoms with Crippen LogP contribution in [0.2, 0.25) is 0 Å². The molecule has 16 heteroatoms. The van der Waals surface area contributed by atoms with Gasteiger partial charge < -0.3 is 25.4 Å². The Morgan fingerprint density at radius 1 is 0.898 bits per heavy atom. The number of halogens is 6. The number of carboxylic acid groups (broad SMARTS) is 2. The number of aromatic amines is 1. The summed E-state index contributed by atoms with van der Waals surface area (Å²) in [6.45, 7) is 5.73. The topological polar surface area (TPSA) is 153 Å². The van der Waals surface area contributed by atoms with Crippen molar-refractivity contribution in [2.45, 2.75) is 76.6 Å². The van der Waals surface area contributed by atoms with Crippen molar-refractivity contribution in [3.05, 3.63) is 54.5 Å². The van der Waals surface area contributed by atoms with E-state index in [1.165, 1.54) is 23.6 Å². The molecule has 4 rings (SSSR count). The van der Waals surface area contributed by atoms with E-state index >= 15 is 0 Å². The largest absolute Gasteiger partial charge is 0.490 e. The summed E-state index contributed by atoms with van der Waals surface area (Å²) in [5.74, 6) is -4.76. The Labute approximate surface area is 278 Å². The third-order valence-corrected chi connectivity index (χ3v) is 7.56. The number of nitrogens with zero attached hydrogens (tertiary/aromatic N) is 2. The van der Waals surface area contributed by atoms with Crippen molar-refractivity contribution < 1.29 is 55.7 Å². The number of hydrogen-bond donors (Lipinski definition) is 4. The van der Waals surface area contributed by atoms with Crippen LogP contribution in [0, 0.1) is 0 Å². The summed E-state index contributed by atoms with van der Waals surface area (Å²) in [5.41, 5.74) is 1.99. The summed E-state index contributed by atoms with van der Waals surface area (Å²) < 4.78 is 63.5. The summed E-state index contributed by atoms with van der Waals surface area (Å²) in [4.78, 5) is 53.1. The average molecular weight is 703 g/mol. The van der Waals surface area contributed by atoms with Crippen LogP contribution >= 0.6 is 0 Å². The van der Waals surface area contributed by atoms with Crippen LogP contribution in [-0.2, 0) is 19.2 Å². The number of carbonyl (C=O) groups excluding carboxylic acids is 2.